The van der Waals surface area contributed by atoms with Crippen molar-refractivity contribution in [2.45, 2.75) is 50.6 Å². The summed E-state index contributed by atoms with van der Waals surface area (Å²) in [6, 6.07) is 24.4. The first kappa shape index (κ1) is 28.4. The summed E-state index contributed by atoms with van der Waals surface area (Å²) in [5.41, 5.74) is 3.10. The Morgan fingerprint density at radius 1 is 1.07 bits per heavy atom. The Balaban J connectivity index is 1.33. The molecule has 220 valence electrons. The summed E-state index contributed by atoms with van der Waals surface area (Å²) in [7, 11) is -2.04. The maximum atomic E-state index is 12.5. The van der Waals surface area contributed by atoms with Gasteiger partial charge in [-0.15, -0.1) is 10.2 Å². The fraction of sp³-hybridized carbons (Fsp3) is 0.406. The third kappa shape index (κ3) is 6.34. The van der Waals surface area contributed by atoms with Gasteiger partial charge in [-0.25, -0.2) is 13.4 Å². The number of benzene rings is 2. The average molecular weight is 587 g/mol. The molecule has 3 heterocycles. The highest BCUT2D eigenvalue weighted by atomic mass is 32.2. The van der Waals surface area contributed by atoms with Crippen molar-refractivity contribution in [2.24, 2.45) is 11.8 Å². The Kier molecular flexibility index (Phi) is 8.00. The Labute approximate surface area is 247 Å². The lowest BCUT2D eigenvalue weighted by Crippen LogP contribution is -2.33. The number of sulfonamides is 1. The highest BCUT2D eigenvalue weighted by Gasteiger charge is 2.40. The van der Waals surface area contributed by atoms with Crippen LogP contribution in [-0.2, 0) is 16.4 Å². The maximum absolute atomic E-state index is 12.5. The van der Waals surface area contributed by atoms with Crippen molar-refractivity contribution in [1.82, 2.24) is 20.5 Å². The summed E-state index contributed by atoms with van der Waals surface area (Å²) in [4.78, 5) is 4.72. The lowest BCUT2D eigenvalue weighted by atomic mass is 9.85. The van der Waals surface area contributed by atoms with Crippen LogP contribution in [0.1, 0.15) is 55.2 Å². The van der Waals surface area contributed by atoms with Crippen LogP contribution in [-0.4, -0.2) is 49.5 Å². The fourth-order valence-corrected chi connectivity index (χ4v) is 6.44. The number of pyridine rings is 1. The number of nitrogens with one attached hydrogen (secondary N) is 2. The Morgan fingerprint density at radius 3 is 2.48 bits per heavy atom. The monoisotopic (exact) mass is 586 g/mol. The summed E-state index contributed by atoms with van der Waals surface area (Å²) < 4.78 is 32.5. The largest absolute Gasteiger partial charge is 0.419 e. The van der Waals surface area contributed by atoms with Gasteiger partial charge in [0, 0.05) is 24.6 Å². The number of nitrogens with zero attached hydrogens (tertiary/aromatic N) is 4. The van der Waals surface area contributed by atoms with Crippen LogP contribution in [0.2, 0.25) is 0 Å². The molecule has 5 atom stereocenters. The molecule has 2 aromatic heterocycles. The third-order valence-corrected chi connectivity index (χ3v) is 9.77. The number of hydrogen-bond donors (Lipinski definition) is 2. The van der Waals surface area contributed by atoms with Crippen LogP contribution in [0.15, 0.2) is 77.2 Å². The van der Waals surface area contributed by atoms with E-state index in [1.165, 1.54) is 28.7 Å². The van der Waals surface area contributed by atoms with E-state index in [4.69, 9.17) is 9.40 Å². The van der Waals surface area contributed by atoms with Gasteiger partial charge in [0.1, 0.15) is 11.6 Å². The van der Waals surface area contributed by atoms with Gasteiger partial charge < -0.3 is 15.1 Å². The minimum Gasteiger partial charge on any atom is -0.419 e. The molecule has 10 heteroatoms. The van der Waals surface area contributed by atoms with Gasteiger partial charge in [-0.2, -0.15) is 0 Å². The van der Waals surface area contributed by atoms with E-state index in [1.807, 2.05) is 18.2 Å². The quantitative estimate of drug-likeness (QED) is 0.254. The third-order valence-electron chi connectivity index (χ3n) is 8.59. The van der Waals surface area contributed by atoms with E-state index in [1.54, 1.807) is 6.07 Å². The maximum Gasteiger partial charge on any atom is 0.248 e. The van der Waals surface area contributed by atoms with Crippen molar-refractivity contribution in [3.63, 3.8) is 0 Å². The second-order valence-electron chi connectivity index (χ2n) is 11.7. The van der Waals surface area contributed by atoms with Crippen LogP contribution in [0.4, 0.5) is 11.6 Å². The van der Waals surface area contributed by atoms with E-state index >= 15 is 0 Å². The molecule has 1 saturated heterocycles. The zero-order valence-corrected chi connectivity index (χ0v) is 25.1. The average Bonchev–Trinajstić information content (AvgIpc) is 3.52. The summed E-state index contributed by atoms with van der Waals surface area (Å²) in [5.74, 6) is 3.07. The van der Waals surface area contributed by atoms with E-state index in [-0.39, 0.29) is 23.8 Å². The van der Waals surface area contributed by atoms with E-state index < -0.39 is 10.0 Å². The van der Waals surface area contributed by atoms with Gasteiger partial charge in [0.15, 0.2) is 0 Å². The second kappa shape index (κ2) is 11.9. The molecule has 0 radical (unpaired) electrons. The molecule has 1 aliphatic carbocycles. The molecular weight excluding hydrogens is 548 g/mol. The number of piperidine rings is 1. The van der Waals surface area contributed by atoms with E-state index in [2.05, 4.69) is 76.3 Å². The van der Waals surface area contributed by atoms with Crippen LogP contribution in [0.5, 0.6) is 0 Å². The standard InChI is InChI=1S/C32H38N6O3S/c1-21-17-26(21)27(18-22-11-6-4-7-12-22)34-28-19-24(20-29(35-28)38(2)42(3,39)40)31-36-37-32(41-31)30-25(15-10-16-33-30)23-13-8-5-9-14-23/h4-9,11-14,19-21,25-27,30,33H,10,15-18H2,1-3H3,(H,34,35)/t21-,25-,26-,27?,30-/m0/s1. The van der Waals surface area contributed by atoms with E-state index in [0.29, 0.717) is 35.0 Å². The van der Waals surface area contributed by atoms with Crippen molar-refractivity contribution >= 4 is 21.7 Å². The minimum atomic E-state index is -3.54. The molecule has 2 N–H and O–H groups in total. The summed E-state index contributed by atoms with van der Waals surface area (Å²) in [5, 5.41) is 16.1. The summed E-state index contributed by atoms with van der Waals surface area (Å²) >= 11 is 0. The highest BCUT2D eigenvalue weighted by Crippen LogP contribution is 2.43. The molecule has 0 bridgehead atoms. The van der Waals surface area contributed by atoms with Crippen molar-refractivity contribution in [1.29, 1.82) is 0 Å². The molecule has 2 fully saturated rings. The predicted octanol–water partition coefficient (Wildman–Crippen LogP) is 5.41. The van der Waals surface area contributed by atoms with Crippen molar-refractivity contribution in [2.75, 3.05) is 29.5 Å². The number of anilines is 2. The Hall–Kier alpha value is -3.76. The molecule has 0 amide bonds. The van der Waals surface area contributed by atoms with Gasteiger partial charge >= 0.3 is 0 Å². The van der Waals surface area contributed by atoms with Gasteiger partial charge in [0.2, 0.25) is 21.8 Å². The molecule has 9 nitrogen and oxygen atoms in total. The van der Waals surface area contributed by atoms with Crippen LogP contribution < -0.4 is 14.9 Å². The molecule has 2 aliphatic rings. The Morgan fingerprint density at radius 2 is 1.79 bits per heavy atom. The topological polar surface area (TPSA) is 113 Å². The fourth-order valence-electron chi connectivity index (χ4n) is 6.01. The van der Waals surface area contributed by atoms with Crippen LogP contribution in [0.25, 0.3) is 11.5 Å². The zero-order chi connectivity index (χ0) is 29.3. The van der Waals surface area contributed by atoms with Gasteiger partial charge in [-0.1, -0.05) is 67.6 Å². The number of hydrogen-bond acceptors (Lipinski definition) is 8. The molecule has 1 unspecified atom stereocenters. The smallest absolute Gasteiger partial charge is 0.248 e. The van der Waals surface area contributed by atoms with E-state index in [0.717, 1.165) is 32.2 Å². The van der Waals surface area contributed by atoms with Gasteiger partial charge in [0.25, 0.3) is 0 Å². The molecule has 1 saturated carbocycles. The lowest BCUT2D eigenvalue weighted by Gasteiger charge is -2.30. The molecular formula is C32H38N6O3S. The normalized spacial score (nSPS) is 22.8. The second-order valence-corrected chi connectivity index (χ2v) is 13.7. The summed E-state index contributed by atoms with van der Waals surface area (Å²) in [6.07, 6.45) is 5.25. The number of rotatable bonds is 10. The van der Waals surface area contributed by atoms with Crippen molar-refractivity contribution in [3.05, 3.63) is 89.8 Å². The first-order valence-electron chi connectivity index (χ1n) is 14.6. The molecule has 4 aromatic rings. The molecule has 42 heavy (non-hydrogen) atoms. The molecule has 1 aliphatic heterocycles. The van der Waals surface area contributed by atoms with Crippen LogP contribution in [0.3, 0.4) is 0 Å². The highest BCUT2D eigenvalue weighted by molar-refractivity contribution is 7.92. The van der Waals surface area contributed by atoms with Gasteiger partial charge in [-0.05, 0) is 67.3 Å². The molecule has 0 spiro atoms. The van der Waals surface area contributed by atoms with Crippen LogP contribution >= 0.6 is 0 Å². The van der Waals surface area contributed by atoms with E-state index in [9.17, 15) is 8.42 Å². The van der Waals surface area contributed by atoms with Gasteiger partial charge in [-0.3, -0.25) is 4.31 Å². The predicted molar refractivity (Wildman–Crippen MR) is 165 cm³/mol. The first-order valence-corrected chi connectivity index (χ1v) is 16.5. The molecule has 6 rings (SSSR count). The van der Waals surface area contributed by atoms with Crippen LogP contribution in [0, 0.1) is 11.8 Å². The van der Waals surface area contributed by atoms with Crippen molar-refractivity contribution < 1.29 is 12.8 Å². The lowest BCUT2D eigenvalue weighted by molar-refractivity contribution is 0.303. The SMILES string of the molecule is C[C@H]1C[C@@H]1C(Cc1ccccc1)Nc1cc(-c2nnc([C@H]3NCCC[C@H]3c3ccccc3)o2)cc(N(C)S(C)(=O)=O)n1. The Bertz CT molecular complexity index is 1610. The summed E-state index contributed by atoms with van der Waals surface area (Å²) in [6.45, 7) is 3.14. The number of aromatic nitrogens is 3. The van der Waals surface area contributed by atoms with Crippen molar-refractivity contribution in [3.8, 4) is 11.5 Å². The zero-order valence-electron chi connectivity index (χ0n) is 24.3. The first-order chi connectivity index (χ1) is 20.3. The molecule has 2 aromatic carbocycles. The van der Waals surface area contributed by atoms with Gasteiger partial charge in [0.05, 0.1) is 12.3 Å². The minimum absolute atomic E-state index is 0.105.